The van der Waals surface area contributed by atoms with Crippen LogP contribution in [0.15, 0.2) is 42.5 Å². The Hall–Kier alpha value is -2.40. The maximum atomic E-state index is 5.35. The second-order valence-corrected chi connectivity index (χ2v) is 4.81. The number of benzene rings is 2. The second kappa shape index (κ2) is 6.68. The van der Waals surface area contributed by atoms with Crippen molar-refractivity contribution >= 4 is 5.69 Å². The molecule has 0 atom stereocenters. The molecule has 0 spiro atoms. The fourth-order valence-corrected chi connectivity index (χ4v) is 2.04. The van der Waals surface area contributed by atoms with Gasteiger partial charge >= 0.3 is 0 Å². The summed E-state index contributed by atoms with van der Waals surface area (Å²) in [6, 6.07) is 14.4. The third-order valence-corrected chi connectivity index (χ3v) is 3.11. The molecule has 0 fully saturated rings. The second-order valence-electron chi connectivity index (χ2n) is 4.81. The number of anilines is 1. The Labute approximate surface area is 120 Å². The predicted molar refractivity (Wildman–Crippen MR) is 84.0 cm³/mol. The van der Waals surface area contributed by atoms with Crippen LogP contribution in [0.25, 0.3) is 0 Å². The summed E-state index contributed by atoms with van der Waals surface area (Å²) in [6.07, 6.45) is 5.16. The molecular formula is C18H19NO. The molecule has 2 aromatic carbocycles. The fourth-order valence-electron chi connectivity index (χ4n) is 2.04. The third kappa shape index (κ3) is 3.80. The highest BCUT2D eigenvalue weighted by Crippen LogP contribution is 2.18. The van der Waals surface area contributed by atoms with Crippen molar-refractivity contribution in [1.29, 1.82) is 0 Å². The largest absolute Gasteiger partial charge is 0.481 e. The Balaban J connectivity index is 1.95. The number of rotatable bonds is 5. The first-order valence-electron chi connectivity index (χ1n) is 6.65. The van der Waals surface area contributed by atoms with E-state index in [1.807, 2.05) is 24.3 Å². The molecule has 1 N–H and O–H groups in total. The molecule has 0 aliphatic carbocycles. The normalized spacial score (nSPS) is 9.85. The van der Waals surface area contributed by atoms with Crippen molar-refractivity contribution in [2.45, 2.75) is 20.4 Å². The zero-order valence-electron chi connectivity index (χ0n) is 11.9. The summed E-state index contributed by atoms with van der Waals surface area (Å²) >= 11 is 0. The van der Waals surface area contributed by atoms with E-state index in [4.69, 9.17) is 11.2 Å². The highest BCUT2D eigenvalue weighted by molar-refractivity contribution is 5.52. The lowest BCUT2D eigenvalue weighted by Crippen LogP contribution is -2.01. The molecule has 102 valence electrons. The molecule has 0 aromatic heterocycles. The van der Waals surface area contributed by atoms with Crippen molar-refractivity contribution in [2.24, 2.45) is 0 Å². The van der Waals surface area contributed by atoms with Crippen molar-refractivity contribution in [3.63, 3.8) is 0 Å². The van der Waals surface area contributed by atoms with E-state index in [2.05, 4.69) is 43.3 Å². The average molecular weight is 265 g/mol. The van der Waals surface area contributed by atoms with Crippen LogP contribution in [0.4, 0.5) is 5.69 Å². The van der Waals surface area contributed by atoms with Gasteiger partial charge in [-0.1, -0.05) is 35.7 Å². The Kier molecular flexibility index (Phi) is 4.68. The van der Waals surface area contributed by atoms with E-state index in [1.165, 1.54) is 22.4 Å². The first kappa shape index (κ1) is 14.0. The zero-order chi connectivity index (χ0) is 14.4. The summed E-state index contributed by atoms with van der Waals surface area (Å²) in [7, 11) is 0. The minimum Gasteiger partial charge on any atom is -0.481 e. The van der Waals surface area contributed by atoms with Crippen LogP contribution in [-0.2, 0) is 6.54 Å². The van der Waals surface area contributed by atoms with Gasteiger partial charge in [-0.3, -0.25) is 0 Å². The molecule has 2 aromatic rings. The molecule has 0 radical (unpaired) electrons. The zero-order valence-corrected chi connectivity index (χ0v) is 11.9. The summed E-state index contributed by atoms with van der Waals surface area (Å²) in [4.78, 5) is 0. The topological polar surface area (TPSA) is 21.3 Å². The maximum absolute atomic E-state index is 5.35. The highest BCUT2D eigenvalue weighted by Gasteiger charge is 1.99. The van der Waals surface area contributed by atoms with Crippen LogP contribution >= 0.6 is 0 Å². The lowest BCUT2D eigenvalue weighted by molar-refractivity contribution is 0.370. The van der Waals surface area contributed by atoms with Crippen LogP contribution in [0.2, 0.25) is 0 Å². The van der Waals surface area contributed by atoms with Gasteiger partial charge in [0.2, 0.25) is 0 Å². The van der Waals surface area contributed by atoms with E-state index in [0.717, 1.165) is 12.3 Å². The fraction of sp³-hybridized carbons (Fsp3) is 0.222. The molecule has 0 bridgehead atoms. The molecule has 2 heteroatoms. The number of aryl methyl sites for hydroxylation is 2. The number of hydrogen-bond acceptors (Lipinski definition) is 2. The van der Waals surface area contributed by atoms with Gasteiger partial charge in [-0.25, -0.2) is 0 Å². The summed E-state index contributed by atoms with van der Waals surface area (Å²) in [5, 5.41) is 3.45. The van der Waals surface area contributed by atoms with Gasteiger partial charge in [-0.15, -0.1) is 6.42 Å². The molecule has 0 heterocycles. The van der Waals surface area contributed by atoms with Gasteiger partial charge in [0, 0.05) is 12.2 Å². The average Bonchev–Trinajstić information content (AvgIpc) is 2.45. The molecule has 0 amide bonds. The van der Waals surface area contributed by atoms with Gasteiger partial charge < -0.3 is 10.1 Å². The number of ether oxygens (including phenoxy) is 1. The van der Waals surface area contributed by atoms with E-state index < -0.39 is 0 Å². The standard InChI is InChI=1S/C18H19NO/c1-4-11-20-17-8-6-16(7-9-17)13-19-18-10-5-14(2)12-15(18)3/h1,5-10,12,19H,11,13H2,2-3H3. The van der Waals surface area contributed by atoms with E-state index in [1.54, 1.807) is 0 Å². The SMILES string of the molecule is C#CCOc1ccc(CNc2ccc(C)cc2C)cc1. The van der Waals surface area contributed by atoms with Crippen LogP contribution < -0.4 is 10.1 Å². The van der Waals surface area contributed by atoms with Gasteiger partial charge in [-0.05, 0) is 43.2 Å². The molecule has 0 aliphatic rings. The monoisotopic (exact) mass is 265 g/mol. The lowest BCUT2D eigenvalue weighted by Gasteiger charge is -2.11. The number of terminal acetylenes is 1. The smallest absolute Gasteiger partial charge is 0.148 e. The first-order valence-corrected chi connectivity index (χ1v) is 6.65. The number of nitrogens with one attached hydrogen (secondary N) is 1. The van der Waals surface area contributed by atoms with Crippen molar-refractivity contribution in [2.75, 3.05) is 11.9 Å². The van der Waals surface area contributed by atoms with Crippen LogP contribution in [0.5, 0.6) is 5.75 Å². The van der Waals surface area contributed by atoms with Crippen molar-refractivity contribution in [3.8, 4) is 18.1 Å². The van der Waals surface area contributed by atoms with E-state index in [0.29, 0.717) is 6.61 Å². The Bertz CT molecular complexity index is 608. The molecule has 0 unspecified atom stereocenters. The van der Waals surface area contributed by atoms with Crippen LogP contribution in [0, 0.1) is 26.2 Å². The molecule has 0 aliphatic heterocycles. The van der Waals surface area contributed by atoms with E-state index in [9.17, 15) is 0 Å². The quantitative estimate of drug-likeness (QED) is 0.827. The summed E-state index contributed by atoms with van der Waals surface area (Å²) in [5.74, 6) is 3.26. The van der Waals surface area contributed by atoms with Gasteiger partial charge in [0.15, 0.2) is 0 Å². The summed E-state index contributed by atoms with van der Waals surface area (Å²) in [6.45, 7) is 5.32. The molecule has 2 nitrogen and oxygen atoms in total. The highest BCUT2D eigenvalue weighted by atomic mass is 16.5. The van der Waals surface area contributed by atoms with Crippen molar-refractivity contribution in [1.82, 2.24) is 0 Å². The van der Waals surface area contributed by atoms with Crippen LogP contribution in [0.3, 0.4) is 0 Å². The minimum absolute atomic E-state index is 0.306. The molecular weight excluding hydrogens is 246 g/mol. The van der Waals surface area contributed by atoms with Gasteiger partial charge in [0.25, 0.3) is 0 Å². The van der Waals surface area contributed by atoms with Crippen molar-refractivity contribution in [3.05, 3.63) is 59.2 Å². The molecule has 0 saturated carbocycles. The summed E-state index contributed by atoms with van der Waals surface area (Å²) < 4.78 is 5.35. The Morgan fingerprint density at radius 2 is 1.85 bits per heavy atom. The summed E-state index contributed by atoms with van der Waals surface area (Å²) in [5.41, 5.74) is 4.92. The Morgan fingerprint density at radius 3 is 2.50 bits per heavy atom. The number of hydrogen-bond donors (Lipinski definition) is 1. The molecule has 0 saturated heterocycles. The minimum atomic E-state index is 0.306. The van der Waals surface area contributed by atoms with E-state index >= 15 is 0 Å². The van der Waals surface area contributed by atoms with E-state index in [-0.39, 0.29) is 0 Å². The van der Waals surface area contributed by atoms with Crippen LogP contribution in [0.1, 0.15) is 16.7 Å². The third-order valence-electron chi connectivity index (χ3n) is 3.11. The van der Waals surface area contributed by atoms with Gasteiger partial charge in [0.05, 0.1) is 0 Å². The molecule has 2 rings (SSSR count). The maximum Gasteiger partial charge on any atom is 0.148 e. The Morgan fingerprint density at radius 1 is 1.10 bits per heavy atom. The lowest BCUT2D eigenvalue weighted by atomic mass is 10.1. The van der Waals surface area contributed by atoms with Crippen LogP contribution in [-0.4, -0.2) is 6.61 Å². The van der Waals surface area contributed by atoms with Crippen molar-refractivity contribution < 1.29 is 4.74 Å². The molecule has 20 heavy (non-hydrogen) atoms. The van der Waals surface area contributed by atoms with Gasteiger partial charge in [0.1, 0.15) is 12.4 Å². The van der Waals surface area contributed by atoms with Gasteiger partial charge in [-0.2, -0.15) is 0 Å². The predicted octanol–water partition coefficient (Wildman–Crippen LogP) is 3.93. The first-order chi connectivity index (χ1) is 9.69.